The van der Waals surface area contributed by atoms with Crippen molar-refractivity contribution in [3.63, 3.8) is 0 Å². The van der Waals surface area contributed by atoms with Gasteiger partial charge >= 0.3 is 12.0 Å². The van der Waals surface area contributed by atoms with Crippen LogP contribution in [0.4, 0.5) is 10.5 Å². The molecule has 2 unspecified atom stereocenters. The van der Waals surface area contributed by atoms with Gasteiger partial charge in [0.15, 0.2) is 0 Å². The molecule has 0 fully saturated rings. The van der Waals surface area contributed by atoms with Gasteiger partial charge in [-0.25, -0.2) is 4.79 Å². The minimum atomic E-state index is -1.13. The first-order valence-corrected chi connectivity index (χ1v) is 7.86. The minimum absolute atomic E-state index is 0.153. The number of hydrogen-bond donors (Lipinski definition) is 4. The normalized spacial score (nSPS) is 13.0. The van der Waals surface area contributed by atoms with Gasteiger partial charge in [-0.1, -0.05) is 26.0 Å². The predicted octanol–water partition coefficient (Wildman–Crippen LogP) is 2.12. The number of benzene rings is 1. The van der Waals surface area contributed by atoms with Gasteiger partial charge in [-0.15, -0.1) is 0 Å². The van der Waals surface area contributed by atoms with Crippen LogP contribution in [0, 0.1) is 12.8 Å². The summed E-state index contributed by atoms with van der Waals surface area (Å²) in [6.07, 6.45) is 0.402. The molecule has 1 aromatic carbocycles. The molecule has 2 atom stereocenters. The molecular formula is C17H25N3O4. The molecule has 0 saturated carbocycles. The highest BCUT2D eigenvalue weighted by atomic mass is 16.4. The highest BCUT2D eigenvalue weighted by Crippen LogP contribution is 2.10. The van der Waals surface area contributed by atoms with Crippen molar-refractivity contribution in [2.24, 2.45) is 5.92 Å². The van der Waals surface area contributed by atoms with Crippen molar-refractivity contribution in [2.45, 2.75) is 46.2 Å². The van der Waals surface area contributed by atoms with E-state index in [1.165, 1.54) is 6.92 Å². The Morgan fingerprint density at radius 1 is 1.12 bits per heavy atom. The number of amides is 3. The van der Waals surface area contributed by atoms with Crippen molar-refractivity contribution in [3.05, 3.63) is 29.8 Å². The van der Waals surface area contributed by atoms with Crippen molar-refractivity contribution in [2.75, 3.05) is 5.32 Å². The maximum atomic E-state index is 12.2. The van der Waals surface area contributed by atoms with Gasteiger partial charge in [-0.3, -0.25) is 9.59 Å². The molecule has 0 aromatic heterocycles. The second-order valence-electron chi connectivity index (χ2n) is 6.22. The molecule has 7 nitrogen and oxygen atoms in total. The zero-order valence-corrected chi connectivity index (χ0v) is 14.4. The monoisotopic (exact) mass is 335 g/mol. The fraction of sp³-hybridized carbons (Fsp3) is 0.471. The summed E-state index contributed by atoms with van der Waals surface area (Å²) in [6.45, 7) is 7.12. The SMILES string of the molecule is Cc1cccc(NC(=O)NC(CC(C)C)C(=O)NC(C)C(=O)O)c1. The molecule has 0 heterocycles. The highest BCUT2D eigenvalue weighted by Gasteiger charge is 2.25. The van der Waals surface area contributed by atoms with E-state index in [4.69, 9.17) is 5.11 Å². The minimum Gasteiger partial charge on any atom is -0.480 e. The Morgan fingerprint density at radius 2 is 1.79 bits per heavy atom. The molecule has 0 aliphatic heterocycles. The first-order valence-electron chi connectivity index (χ1n) is 7.86. The van der Waals surface area contributed by atoms with Gasteiger partial charge < -0.3 is 21.1 Å². The number of rotatable bonds is 7. The fourth-order valence-electron chi connectivity index (χ4n) is 2.13. The van der Waals surface area contributed by atoms with Crippen LogP contribution in [-0.2, 0) is 9.59 Å². The summed E-state index contributed by atoms with van der Waals surface area (Å²) in [5.74, 6) is -1.49. The van der Waals surface area contributed by atoms with Crippen LogP contribution < -0.4 is 16.0 Å². The molecule has 0 radical (unpaired) electrons. The summed E-state index contributed by atoms with van der Waals surface area (Å²) in [5.41, 5.74) is 1.62. The van der Waals surface area contributed by atoms with E-state index in [9.17, 15) is 14.4 Å². The Labute approximate surface area is 141 Å². The number of hydrogen-bond acceptors (Lipinski definition) is 3. The molecule has 0 aliphatic carbocycles. The number of carbonyl (C=O) groups is 3. The van der Waals surface area contributed by atoms with Crippen LogP contribution in [0.3, 0.4) is 0 Å². The van der Waals surface area contributed by atoms with Crippen molar-refractivity contribution in [3.8, 4) is 0 Å². The topological polar surface area (TPSA) is 108 Å². The smallest absolute Gasteiger partial charge is 0.325 e. The van der Waals surface area contributed by atoms with E-state index in [0.717, 1.165) is 5.56 Å². The molecule has 1 aromatic rings. The Bertz CT molecular complexity index is 601. The van der Waals surface area contributed by atoms with Crippen LogP contribution in [0.5, 0.6) is 0 Å². The zero-order valence-electron chi connectivity index (χ0n) is 14.4. The van der Waals surface area contributed by atoms with Gasteiger partial charge in [-0.2, -0.15) is 0 Å². The standard InChI is InChI=1S/C17H25N3O4/c1-10(2)8-14(15(21)18-12(4)16(22)23)20-17(24)19-13-7-5-6-11(3)9-13/h5-7,9-10,12,14H,8H2,1-4H3,(H,18,21)(H,22,23)(H2,19,20,24). The van der Waals surface area contributed by atoms with E-state index in [1.54, 1.807) is 6.07 Å². The second kappa shape index (κ2) is 8.90. The van der Waals surface area contributed by atoms with Gasteiger partial charge in [0.05, 0.1) is 0 Å². The van der Waals surface area contributed by atoms with Gasteiger partial charge in [0.25, 0.3) is 0 Å². The van der Waals surface area contributed by atoms with Crippen molar-refractivity contribution in [1.82, 2.24) is 10.6 Å². The Morgan fingerprint density at radius 3 is 2.33 bits per heavy atom. The van der Waals surface area contributed by atoms with E-state index in [2.05, 4.69) is 16.0 Å². The zero-order chi connectivity index (χ0) is 18.3. The van der Waals surface area contributed by atoms with Crippen LogP contribution >= 0.6 is 0 Å². The van der Waals surface area contributed by atoms with Crippen LogP contribution in [0.1, 0.15) is 32.8 Å². The molecule has 0 saturated heterocycles. The average molecular weight is 335 g/mol. The van der Waals surface area contributed by atoms with Crippen molar-refractivity contribution >= 4 is 23.6 Å². The molecular weight excluding hydrogens is 310 g/mol. The molecule has 132 valence electrons. The summed E-state index contributed by atoms with van der Waals surface area (Å²) in [6, 6.07) is 4.94. The summed E-state index contributed by atoms with van der Waals surface area (Å²) >= 11 is 0. The Hall–Kier alpha value is -2.57. The Kier molecular flexibility index (Phi) is 7.23. The molecule has 0 aliphatic rings. The number of aliphatic carboxylic acids is 1. The fourth-order valence-corrected chi connectivity index (χ4v) is 2.13. The number of urea groups is 1. The van der Waals surface area contributed by atoms with E-state index >= 15 is 0 Å². The van der Waals surface area contributed by atoms with Gasteiger partial charge in [0.1, 0.15) is 12.1 Å². The first-order chi connectivity index (χ1) is 11.2. The number of aryl methyl sites for hydroxylation is 1. The number of anilines is 1. The lowest BCUT2D eigenvalue weighted by atomic mass is 10.0. The summed E-state index contributed by atoms with van der Waals surface area (Å²) in [7, 11) is 0. The summed E-state index contributed by atoms with van der Waals surface area (Å²) in [5, 5.41) is 16.5. The number of carboxylic acids is 1. The third kappa shape index (κ3) is 6.68. The van der Waals surface area contributed by atoms with E-state index in [1.807, 2.05) is 39.0 Å². The quantitative estimate of drug-likeness (QED) is 0.612. The maximum Gasteiger partial charge on any atom is 0.325 e. The molecule has 1 rings (SSSR count). The number of carbonyl (C=O) groups excluding carboxylic acids is 2. The summed E-state index contributed by atoms with van der Waals surface area (Å²) < 4.78 is 0. The van der Waals surface area contributed by atoms with Gasteiger partial charge in [-0.05, 0) is 43.9 Å². The van der Waals surface area contributed by atoms with Gasteiger partial charge in [0, 0.05) is 5.69 Å². The third-order valence-electron chi connectivity index (χ3n) is 3.33. The van der Waals surface area contributed by atoms with Gasteiger partial charge in [0.2, 0.25) is 5.91 Å². The van der Waals surface area contributed by atoms with Crippen LogP contribution in [0.2, 0.25) is 0 Å². The lowest BCUT2D eigenvalue weighted by Gasteiger charge is -2.21. The van der Waals surface area contributed by atoms with E-state index in [-0.39, 0.29) is 5.92 Å². The summed E-state index contributed by atoms with van der Waals surface area (Å²) in [4.78, 5) is 35.2. The molecule has 7 heteroatoms. The first kappa shape index (κ1) is 19.5. The number of carboxylic acid groups (broad SMARTS) is 1. The highest BCUT2D eigenvalue weighted by molar-refractivity contribution is 5.94. The maximum absolute atomic E-state index is 12.2. The third-order valence-corrected chi connectivity index (χ3v) is 3.33. The van der Waals surface area contributed by atoms with Crippen LogP contribution in [0.25, 0.3) is 0 Å². The molecule has 0 spiro atoms. The molecule has 24 heavy (non-hydrogen) atoms. The van der Waals surface area contributed by atoms with E-state index < -0.39 is 30.0 Å². The molecule has 4 N–H and O–H groups in total. The predicted molar refractivity (Wildman–Crippen MR) is 91.8 cm³/mol. The van der Waals surface area contributed by atoms with Crippen molar-refractivity contribution < 1.29 is 19.5 Å². The van der Waals surface area contributed by atoms with Crippen LogP contribution in [0.15, 0.2) is 24.3 Å². The largest absolute Gasteiger partial charge is 0.480 e. The van der Waals surface area contributed by atoms with Crippen molar-refractivity contribution in [1.29, 1.82) is 0 Å². The number of nitrogens with one attached hydrogen (secondary N) is 3. The molecule has 0 bridgehead atoms. The average Bonchev–Trinajstić information content (AvgIpc) is 2.45. The van der Waals surface area contributed by atoms with Crippen LogP contribution in [-0.4, -0.2) is 35.1 Å². The van der Waals surface area contributed by atoms with E-state index in [0.29, 0.717) is 12.1 Å². The molecule has 3 amide bonds. The lowest BCUT2D eigenvalue weighted by Crippen LogP contribution is -2.52. The second-order valence-corrected chi connectivity index (χ2v) is 6.22. The Balaban J connectivity index is 2.72. The lowest BCUT2D eigenvalue weighted by molar-refractivity contribution is -0.141.